The SMILES string of the molecule is COc1ccc(Cc2oc3ccc(OC)cc3c2CCN)cc1. The summed E-state index contributed by atoms with van der Waals surface area (Å²) in [7, 11) is 3.34. The lowest BCUT2D eigenvalue weighted by Gasteiger charge is -2.04. The third kappa shape index (κ3) is 3.17. The molecular weight excluding hydrogens is 290 g/mol. The summed E-state index contributed by atoms with van der Waals surface area (Å²) >= 11 is 0. The number of nitrogens with two attached hydrogens (primary N) is 1. The first kappa shape index (κ1) is 15.4. The molecule has 4 heteroatoms. The van der Waals surface area contributed by atoms with Crippen molar-refractivity contribution < 1.29 is 13.9 Å². The molecule has 2 N–H and O–H groups in total. The van der Waals surface area contributed by atoms with Crippen LogP contribution in [0.2, 0.25) is 0 Å². The van der Waals surface area contributed by atoms with Gasteiger partial charge in [-0.3, -0.25) is 0 Å². The molecule has 0 saturated carbocycles. The molecule has 1 aromatic heterocycles. The molecule has 0 saturated heterocycles. The van der Waals surface area contributed by atoms with Crippen LogP contribution in [-0.4, -0.2) is 20.8 Å². The Morgan fingerprint density at radius 2 is 1.65 bits per heavy atom. The first-order valence-corrected chi connectivity index (χ1v) is 7.66. The van der Waals surface area contributed by atoms with Crippen LogP contribution in [0.1, 0.15) is 16.9 Å². The number of rotatable bonds is 6. The van der Waals surface area contributed by atoms with Gasteiger partial charge < -0.3 is 19.6 Å². The van der Waals surface area contributed by atoms with Crippen LogP contribution in [0.15, 0.2) is 46.9 Å². The molecule has 0 fully saturated rings. The first-order valence-electron chi connectivity index (χ1n) is 7.66. The Kier molecular flexibility index (Phi) is 4.53. The van der Waals surface area contributed by atoms with E-state index in [1.165, 1.54) is 5.56 Å². The van der Waals surface area contributed by atoms with Crippen molar-refractivity contribution in [1.82, 2.24) is 0 Å². The maximum atomic E-state index is 6.07. The summed E-state index contributed by atoms with van der Waals surface area (Å²) in [5.74, 6) is 2.64. The molecular formula is C19H21NO3. The van der Waals surface area contributed by atoms with Gasteiger partial charge in [-0.05, 0) is 48.9 Å². The summed E-state index contributed by atoms with van der Waals surface area (Å²) in [6.45, 7) is 0.585. The fourth-order valence-electron chi connectivity index (χ4n) is 2.80. The molecule has 120 valence electrons. The Hall–Kier alpha value is -2.46. The standard InChI is InChI=1S/C19H21NO3/c1-21-14-5-3-13(4-6-14)11-19-16(9-10-20)17-12-15(22-2)7-8-18(17)23-19/h3-8,12H,9-11,20H2,1-2H3. The highest BCUT2D eigenvalue weighted by Gasteiger charge is 2.15. The second-order valence-corrected chi connectivity index (χ2v) is 5.43. The monoisotopic (exact) mass is 311 g/mol. The van der Waals surface area contributed by atoms with Gasteiger partial charge in [0.05, 0.1) is 14.2 Å². The molecule has 0 radical (unpaired) electrons. The number of ether oxygens (including phenoxy) is 2. The molecule has 1 heterocycles. The lowest BCUT2D eigenvalue weighted by molar-refractivity contribution is 0.414. The van der Waals surface area contributed by atoms with Gasteiger partial charge in [-0.2, -0.15) is 0 Å². The van der Waals surface area contributed by atoms with E-state index < -0.39 is 0 Å². The second kappa shape index (κ2) is 6.75. The number of methoxy groups -OCH3 is 2. The van der Waals surface area contributed by atoms with Gasteiger partial charge in [0.1, 0.15) is 22.8 Å². The highest BCUT2D eigenvalue weighted by atomic mass is 16.5. The highest BCUT2D eigenvalue weighted by Crippen LogP contribution is 2.31. The Morgan fingerprint density at radius 3 is 2.30 bits per heavy atom. The van der Waals surface area contributed by atoms with E-state index in [0.29, 0.717) is 6.54 Å². The summed E-state index contributed by atoms with van der Waals surface area (Å²) in [4.78, 5) is 0. The van der Waals surface area contributed by atoms with E-state index in [1.54, 1.807) is 14.2 Å². The summed E-state index contributed by atoms with van der Waals surface area (Å²) < 4.78 is 16.6. The lowest BCUT2D eigenvalue weighted by atomic mass is 10.0. The molecule has 0 atom stereocenters. The van der Waals surface area contributed by atoms with Crippen molar-refractivity contribution in [2.75, 3.05) is 20.8 Å². The molecule has 0 amide bonds. The Bertz CT molecular complexity index is 790. The molecule has 0 unspecified atom stereocenters. The lowest BCUT2D eigenvalue weighted by Crippen LogP contribution is -2.04. The first-order chi connectivity index (χ1) is 11.2. The van der Waals surface area contributed by atoms with Crippen LogP contribution in [0, 0.1) is 0 Å². The third-order valence-corrected chi connectivity index (χ3v) is 4.00. The van der Waals surface area contributed by atoms with Crippen LogP contribution in [-0.2, 0) is 12.8 Å². The zero-order valence-corrected chi connectivity index (χ0v) is 13.5. The summed E-state index contributed by atoms with van der Waals surface area (Å²) in [6, 6.07) is 13.9. The van der Waals surface area contributed by atoms with Gasteiger partial charge >= 0.3 is 0 Å². The maximum Gasteiger partial charge on any atom is 0.134 e. The van der Waals surface area contributed by atoms with Gasteiger partial charge in [0.25, 0.3) is 0 Å². The molecule has 0 bridgehead atoms. The Morgan fingerprint density at radius 1 is 0.957 bits per heavy atom. The topological polar surface area (TPSA) is 57.6 Å². The van der Waals surface area contributed by atoms with E-state index in [0.717, 1.165) is 46.6 Å². The van der Waals surface area contributed by atoms with Gasteiger partial charge in [-0.15, -0.1) is 0 Å². The molecule has 3 rings (SSSR count). The van der Waals surface area contributed by atoms with E-state index in [-0.39, 0.29) is 0 Å². The predicted molar refractivity (Wildman–Crippen MR) is 91.3 cm³/mol. The van der Waals surface area contributed by atoms with Gasteiger partial charge in [0.15, 0.2) is 0 Å². The van der Waals surface area contributed by atoms with Gasteiger partial charge in [-0.1, -0.05) is 12.1 Å². The zero-order chi connectivity index (χ0) is 16.2. The van der Waals surface area contributed by atoms with Crippen LogP contribution in [0.4, 0.5) is 0 Å². The average molecular weight is 311 g/mol. The van der Waals surface area contributed by atoms with E-state index in [1.807, 2.05) is 30.3 Å². The molecule has 0 aliphatic carbocycles. The normalized spacial score (nSPS) is 10.9. The summed E-state index contributed by atoms with van der Waals surface area (Å²) in [6.07, 6.45) is 1.52. The fourth-order valence-corrected chi connectivity index (χ4v) is 2.80. The number of furan rings is 1. The number of hydrogen-bond acceptors (Lipinski definition) is 4. The van der Waals surface area contributed by atoms with Gasteiger partial charge in [0, 0.05) is 17.4 Å². The van der Waals surface area contributed by atoms with Crippen molar-refractivity contribution in [2.45, 2.75) is 12.8 Å². The summed E-state index contributed by atoms with van der Waals surface area (Å²) in [5.41, 5.74) is 9.01. The van der Waals surface area contributed by atoms with E-state index in [4.69, 9.17) is 19.6 Å². The Labute approximate surface area is 135 Å². The zero-order valence-electron chi connectivity index (χ0n) is 13.5. The quantitative estimate of drug-likeness (QED) is 0.756. The van der Waals surface area contributed by atoms with Crippen LogP contribution in [0.25, 0.3) is 11.0 Å². The van der Waals surface area contributed by atoms with Crippen molar-refractivity contribution in [2.24, 2.45) is 5.73 Å². The van der Waals surface area contributed by atoms with Crippen LogP contribution >= 0.6 is 0 Å². The number of fused-ring (bicyclic) bond motifs is 1. The molecule has 0 aliphatic heterocycles. The van der Waals surface area contributed by atoms with Crippen molar-refractivity contribution in [1.29, 1.82) is 0 Å². The number of hydrogen-bond donors (Lipinski definition) is 1. The molecule has 0 aliphatic rings. The fraction of sp³-hybridized carbons (Fsp3) is 0.263. The minimum absolute atomic E-state index is 0.585. The van der Waals surface area contributed by atoms with E-state index in [9.17, 15) is 0 Å². The molecule has 2 aromatic carbocycles. The predicted octanol–water partition coefficient (Wildman–Crippen LogP) is 3.54. The van der Waals surface area contributed by atoms with Crippen molar-refractivity contribution >= 4 is 11.0 Å². The number of benzene rings is 2. The third-order valence-electron chi connectivity index (χ3n) is 4.00. The molecule has 4 nitrogen and oxygen atoms in total. The second-order valence-electron chi connectivity index (χ2n) is 5.43. The maximum absolute atomic E-state index is 6.07. The van der Waals surface area contributed by atoms with Crippen molar-refractivity contribution in [3.05, 3.63) is 59.4 Å². The molecule has 23 heavy (non-hydrogen) atoms. The van der Waals surface area contributed by atoms with Gasteiger partial charge in [0.2, 0.25) is 0 Å². The Balaban J connectivity index is 1.99. The largest absolute Gasteiger partial charge is 0.497 e. The van der Waals surface area contributed by atoms with Crippen LogP contribution in [0.3, 0.4) is 0 Å². The van der Waals surface area contributed by atoms with Crippen LogP contribution < -0.4 is 15.2 Å². The van der Waals surface area contributed by atoms with E-state index >= 15 is 0 Å². The van der Waals surface area contributed by atoms with Crippen molar-refractivity contribution in [3.63, 3.8) is 0 Å². The smallest absolute Gasteiger partial charge is 0.134 e. The molecule has 3 aromatic rings. The minimum Gasteiger partial charge on any atom is -0.497 e. The van der Waals surface area contributed by atoms with Crippen molar-refractivity contribution in [3.8, 4) is 11.5 Å². The highest BCUT2D eigenvalue weighted by molar-refractivity contribution is 5.84. The summed E-state index contributed by atoms with van der Waals surface area (Å²) in [5, 5.41) is 1.08. The molecule has 0 spiro atoms. The van der Waals surface area contributed by atoms with Crippen LogP contribution in [0.5, 0.6) is 11.5 Å². The average Bonchev–Trinajstić information content (AvgIpc) is 2.92. The van der Waals surface area contributed by atoms with Gasteiger partial charge in [-0.25, -0.2) is 0 Å². The minimum atomic E-state index is 0.585. The van der Waals surface area contributed by atoms with E-state index in [2.05, 4.69) is 12.1 Å².